The van der Waals surface area contributed by atoms with Crippen molar-refractivity contribution in [2.45, 2.75) is 77.3 Å². The fraction of sp³-hybridized carbons (Fsp3) is 0.349. The molecular weight excluding hydrogens is 731 g/mol. The van der Waals surface area contributed by atoms with Crippen molar-refractivity contribution in [1.29, 1.82) is 0 Å². The van der Waals surface area contributed by atoms with E-state index in [2.05, 4.69) is 4.98 Å². The van der Waals surface area contributed by atoms with Crippen LogP contribution in [0.2, 0.25) is 0 Å². The van der Waals surface area contributed by atoms with Gasteiger partial charge >= 0.3 is 12.1 Å². The van der Waals surface area contributed by atoms with Crippen molar-refractivity contribution in [3.8, 4) is 11.1 Å². The summed E-state index contributed by atoms with van der Waals surface area (Å²) in [7, 11) is 0. The van der Waals surface area contributed by atoms with Crippen LogP contribution in [0, 0.1) is 11.6 Å². The molecule has 8 nitrogen and oxygen atoms in total. The van der Waals surface area contributed by atoms with Crippen molar-refractivity contribution in [2.24, 2.45) is 0 Å². The molecule has 0 radical (unpaired) electrons. The van der Waals surface area contributed by atoms with Crippen molar-refractivity contribution in [3.05, 3.63) is 135 Å². The zero-order valence-electron chi connectivity index (χ0n) is 31.4. The number of likely N-dealkylation sites (tertiary alicyclic amines) is 1. The van der Waals surface area contributed by atoms with Gasteiger partial charge in [-0.15, -0.1) is 0 Å². The highest BCUT2D eigenvalue weighted by Crippen LogP contribution is 2.32. The van der Waals surface area contributed by atoms with Crippen LogP contribution in [-0.4, -0.2) is 62.5 Å². The number of halogens is 5. The fourth-order valence-corrected chi connectivity index (χ4v) is 7.29. The maximum absolute atomic E-state index is 14.7. The third kappa shape index (κ3) is 8.83. The van der Waals surface area contributed by atoms with Crippen molar-refractivity contribution < 1.29 is 36.3 Å². The van der Waals surface area contributed by atoms with Crippen molar-refractivity contribution in [2.75, 3.05) is 19.7 Å². The Morgan fingerprint density at radius 2 is 1.50 bits per heavy atom. The lowest BCUT2D eigenvalue weighted by atomic mass is 9.95. The van der Waals surface area contributed by atoms with E-state index in [0.717, 1.165) is 23.8 Å². The predicted molar refractivity (Wildman–Crippen MR) is 203 cm³/mol. The number of fused-ring (bicyclic) bond motifs is 1. The highest BCUT2D eigenvalue weighted by molar-refractivity contribution is 5.82. The van der Waals surface area contributed by atoms with Gasteiger partial charge in [-0.05, 0) is 92.6 Å². The van der Waals surface area contributed by atoms with E-state index in [9.17, 15) is 36.3 Å². The number of piperidine rings is 1. The number of amides is 1. The number of carbonyl (C=O) groups excluding carboxylic acids is 2. The summed E-state index contributed by atoms with van der Waals surface area (Å²) in [6, 6.07) is 22.6. The molecule has 1 amide bonds. The van der Waals surface area contributed by atoms with Crippen LogP contribution in [0.25, 0.3) is 22.0 Å². The van der Waals surface area contributed by atoms with E-state index >= 15 is 0 Å². The summed E-state index contributed by atoms with van der Waals surface area (Å²) in [5.41, 5.74) is 0.580. The Bertz CT molecular complexity index is 2250. The number of carbonyl (C=O) groups is 2. The average molecular weight is 775 g/mol. The van der Waals surface area contributed by atoms with Crippen LogP contribution in [0.15, 0.2) is 95.8 Å². The molecule has 1 fully saturated rings. The molecule has 2 heterocycles. The number of rotatable bonds is 12. The Kier molecular flexibility index (Phi) is 12.0. The molecule has 1 aromatic heterocycles. The summed E-state index contributed by atoms with van der Waals surface area (Å²) in [5.74, 6) is -2.32. The number of alkyl halides is 3. The first-order chi connectivity index (χ1) is 26.7. The highest BCUT2D eigenvalue weighted by Gasteiger charge is 2.39. The lowest BCUT2D eigenvalue weighted by Crippen LogP contribution is -2.56. The van der Waals surface area contributed by atoms with Gasteiger partial charge < -0.3 is 14.2 Å². The van der Waals surface area contributed by atoms with Gasteiger partial charge in [0, 0.05) is 32.1 Å². The first kappa shape index (κ1) is 40.2. The molecule has 0 bridgehead atoms. The molecule has 56 heavy (non-hydrogen) atoms. The fourth-order valence-electron chi connectivity index (χ4n) is 7.29. The summed E-state index contributed by atoms with van der Waals surface area (Å²) >= 11 is 0. The highest BCUT2D eigenvalue weighted by atomic mass is 19.4. The molecule has 6 rings (SSSR count). The number of benzene rings is 4. The minimum Gasteiger partial charge on any atom is -0.465 e. The lowest BCUT2D eigenvalue weighted by Gasteiger charge is -2.44. The second kappa shape index (κ2) is 16.7. The van der Waals surface area contributed by atoms with Gasteiger partial charge in [0.2, 0.25) is 5.91 Å². The van der Waals surface area contributed by atoms with Crippen LogP contribution < -0.4 is 5.56 Å². The van der Waals surface area contributed by atoms with Crippen molar-refractivity contribution in [1.82, 2.24) is 19.4 Å². The Balaban J connectivity index is 1.30. The van der Waals surface area contributed by atoms with Crippen LogP contribution in [0.4, 0.5) is 22.0 Å². The van der Waals surface area contributed by atoms with E-state index < -0.39 is 34.5 Å². The molecule has 0 N–H and O–H groups in total. The van der Waals surface area contributed by atoms with Crippen LogP contribution in [0.3, 0.4) is 0 Å². The Morgan fingerprint density at radius 3 is 2.14 bits per heavy atom. The smallest absolute Gasteiger partial charge is 0.416 e. The summed E-state index contributed by atoms with van der Waals surface area (Å²) in [6.45, 7) is 6.68. The number of ether oxygens (including phenoxy) is 1. The molecule has 0 aliphatic carbocycles. The SMILES string of the molecule is CCOC(=O)C(C)(C)N1CCC(N(Cc2ccc(-c3ccc(C(F)(F)F)cc3)cc2)C(=O)Cn2c(CCc3cccc(F)c3F)nc(=O)c3ccccc32)CC1. The predicted octanol–water partition coefficient (Wildman–Crippen LogP) is 7.98. The molecule has 1 aliphatic rings. The number of para-hydroxylation sites is 1. The molecule has 5 aromatic rings. The molecular formula is C43H43F5N4O4. The van der Waals surface area contributed by atoms with Gasteiger partial charge in [-0.25, -0.2) is 8.78 Å². The van der Waals surface area contributed by atoms with Gasteiger partial charge in [-0.1, -0.05) is 60.7 Å². The zero-order chi connectivity index (χ0) is 40.2. The maximum atomic E-state index is 14.7. The van der Waals surface area contributed by atoms with E-state index in [4.69, 9.17) is 4.74 Å². The summed E-state index contributed by atoms with van der Waals surface area (Å²) in [6.07, 6.45) is -3.26. The van der Waals surface area contributed by atoms with E-state index in [-0.39, 0.29) is 61.8 Å². The normalized spacial score (nSPS) is 14.2. The quantitative estimate of drug-likeness (QED) is 0.0945. The van der Waals surface area contributed by atoms with Crippen molar-refractivity contribution >= 4 is 22.8 Å². The molecule has 294 valence electrons. The van der Waals surface area contributed by atoms with E-state index in [1.165, 1.54) is 24.3 Å². The van der Waals surface area contributed by atoms with Gasteiger partial charge in [-0.2, -0.15) is 18.2 Å². The number of hydrogen-bond donors (Lipinski definition) is 0. The van der Waals surface area contributed by atoms with E-state index in [0.29, 0.717) is 48.0 Å². The van der Waals surface area contributed by atoms with E-state index in [1.807, 2.05) is 30.9 Å². The largest absolute Gasteiger partial charge is 0.465 e. The minimum absolute atomic E-state index is 0.0340. The second-order valence-corrected chi connectivity index (χ2v) is 14.4. The minimum atomic E-state index is -4.44. The number of aryl methyl sites for hydroxylation is 2. The molecule has 0 atom stereocenters. The van der Waals surface area contributed by atoms with Gasteiger partial charge in [0.05, 0.1) is 23.1 Å². The standard InChI is InChI=1S/C43H43F5N4O4/c1-4-56-41(55)42(2,3)50-24-22-33(23-25-50)51(26-28-12-14-29(15-13-28)30-16-19-32(20-17-30)43(46,47)48)38(53)27-52-36-11-6-5-9-34(36)40(54)49-37(52)21-18-31-8-7-10-35(44)39(31)45/h5-17,19-20,33H,4,18,21-27H2,1-3H3. The molecule has 0 spiro atoms. The summed E-state index contributed by atoms with van der Waals surface area (Å²) < 4.78 is 75.1. The van der Waals surface area contributed by atoms with Gasteiger partial charge in [0.15, 0.2) is 11.6 Å². The number of hydrogen-bond acceptors (Lipinski definition) is 6. The van der Waals surface area contributed by atoms with Gasteiger partial charge in [0.25, 0.3) is 5.56 Å². The Morgan fingerprint density at radius 1 is 0.857 bits per heavy atom. The zero-order valence-corrected chi connectivity index (χ0v) is 31.4. The molecule has 4 aromatic carbocycles. The first-order valence-electron chi connectivity index (χ1n) is 18.6. The van der Waals surface area contributed by atoms with Crippen LogP contribution >= 0.6 is 0 Å². The van der Waals surface area contributed by atoms with Gasteiger partial charge in [-0.3, -0.25) is 19.3 Å². The van der Waals surface area contributed by atoms with E-state index in [1.54, 1.807) is 52.8 Å². The molecule has 0 saturated carbocycles. The van der Waals surface area contributed by atoms with Gasteiger partial charge in [0.1, 0.15) is 17.9 Å². The van der Waals surface area contributed by atoms with Crippen LogP contribution in [0.1, 0.15) is 56.1 Å². The van der Waals surface area contributed by atoms with Crippen LogP contribution in [-0.2, 0) is 46.4 Å². The second-order valence-electron chi connectivity index (χ2n) is 14.4. The molecule has 0 unspecified atom stereocenters. The van der Waals surface area contributed by atoms with Crippen molar-refractivity contribution in [3.63, 3.8) is 0 Å². The molecule has 13 heteroatoms. The number of aromatic nitrogens is 2. The third-order valence-electron chi connectivity index (χ3n) is 10.6. The maximum Gasteiger partial charge on any atom is 0.416 e. The Labute approximate surface area is 321 Å². The molecule has 1 saturated heterocycles. The first-order valence-corrected chi connectivity index (χ1v) is 18.6. The van der Waals surface area contributed by atoms with Crippen LogP contribution in [0.5, 0.6) is 0 Å². The molecule has 1 aliphatic heterocycles. The Hall–Kier alpha value is -5.43. The summed E-state index contributed by atoms with van der Waals surface area (Å²) in [5, 5.41) is 0.306. The number of nitrogens with zero attached hydrogens (tertiary/aromatic N) is 4. The monoisotopic (exact) mass is 774 g/mol. The average Bonchev–Trinajstić information content (AvgIpc) is 3.19. The lowest BCUT2D eigenvalue weighted by molar-refractivity contribution is -0.157. The number of esters is 1. The summed E-state index contributed by atoms with van der Waals surface area (Å²) in [4.78, 5) is 48.8. The topological polar surface area (TPSA) is 84.7 Å². The third-order valence-corrected chi connectivity index (χ3v) is 10.6.